The van der Waals surface area contributed by atoms with Crippen LogP contribution in [0, 0.1) is 13.8 Å². The topological polar surface area (TPSA) is 108 Å². The third kappa shape index (κ3) is 3.70. The number of benzene rings is 3. The number of aromatic nitrogens is 4. The van der Waals surface area contributed by atoms with E-state index in [1.807, 2.05) is 87.5 Å². The summed E-state index contributed by atoms with van der Waals surface area (Å²) in [5.41, 5.74) is 5.04. The quantitative estimate of drug-likeness (QED) is 0.330. The molecule has 196 valence electrons. The zero-order valence-electron chi connectivity index (χ0n) is 21.8. The van der Waals surface area contributed by atoms with Crippen LogP contribution in [0.4, 0.5) is 5.69 Å². The van der Waals surface area contributed by atoms with Gasteiger partial charge in [0.25, 0.3) is 17.0 Å². The minimum absolute atomic E-state index is 0.180. The second-order valence-electron chi connectivity index (χ2n) is 9.97. The van der Waals surface area contributed by atoms with Crippen LogP contribution in [0.15, 0.2) is 101 Å². The number of hydrogen-bond donors (Lipinski definition) is 3. The number of nitrogens with zero attached hydrogens (tertiary/aromatic N) is 3. The molecule has 1 fully saturated rings. The van der Waals surface area contributed by atoms with Gasteiger partial charge >= 0.3 is 0 Å². The maximum Gasteiger partial charge on any atom is 0.275 e. The minimum Gasteiger partial charge on any atom is -0.298 e. The van der Waals surface area contributed by atoms with Crippen molar-refractivity contribution in [1.82, 2.24) is 25.0 Å². The number of hydrazine groups is 1. The van der Waals surface area contributed by atoms with Gasteiger partial charge in [-0.05, 0) is 68.3 Å². The van der Waals surface area contributed by atoms with Gasteiger partial charge in [0.2, 0.25) is 0 Å². The van der Waals surface area contributed by atoms with Gasteiger partial charge in [-0.15, -0.1) is 0 Å². The van der Waals surface area contributed by atoms with Gasteiger partial charge in [0, 0.05) is 18.4 Å². The van der Waals surface area contributed by atoms with Crippen molar-refractivity contribution in [2.75, 3.05) is 5.01 Å². The van der Waals surface area contributed by atoms with Crippen molar-refractivity contribution in [3.8, 4) is 11.4 Å². The van der Waals surface area contributed by atoms with Crippen LogP contribution in [0.25, 0.3) is 11.4 Å². The van der Waals surface area contributed by atoms with Crippen LogP contribution in [-0.2, 0) is 10.2 Å². The summed E-state index contributed by atoms with van der Waals surface area (Å²) in [7, 11) is 0. The molecule has 9 heteroatoms. The largest absolute Gasteiger partial charge is 0.298 e. The van der Waals surface area contributed by atoms with Crippen molar-refractivity contribution in [2.24, 2.45) is 0 Å². The lowest BCUT2D eigenvalue weighted by Gasteiger charge is -2.26. The van der Waals surface area contributed by atoms with Crippen molar-refractivity contribution in [3.05, 3.63) is 134 Å². The molecule has 0 spiro atoms. The number of amides is 1. The Morgan fingerprint density at radius 1 is 0.667 bits per heavy atom. The molecule has 3 heterocycles. The predicted octanol–water partition coefficient (Wildman–Crippen LogP) is 3.49. The van der Waals surface area contributed by atoms with Crippen molar-refractivity contribution < 1.29 is 4.79 Å². The number of carbonyl (C=O) groups is 1. The van der Waals surface area contributed by atoms with Crippen LogP contribution in [0.2, 0.25) is 0 Å². The molecule has 0 bridgehead atoms. The average molecular weight is 521 g/mol. The average Bonchev–Trinajstić information content (AvgIpc) is 3.58. The monoisotopic (exact) mass is 520 g/mol. The smallest absolute Gasteiger partial charge is 0.275 e. The van der Waals surface area contributed by atoms with E-state index < -0.39 is 28.5 Å². The first-order valence-electron chi connectivity index (χ1n) is 12.7. The van der Waals surface area contributed by atoms with Crippen LogP contribution >= 0.6 is 0 Å². The summed E-state index contributed by atoms with van der Waals surface area (Å²) in [5.74, 6) is -0.416. The first-order valence-corrected chi connectivity index (χ1v) is 12.7. The third-order valence-corrected chi connectivity index (χ3v) is 7.44. The predicted molar refractivity (Wildman–Crippen MR) is 150 cm³/mol. The van der Waals surface area contributed by atoms with E-state index in [-0.39, 0.29) is 11.1 Å². The van der Waals surface area contributed by atoms with Crippen LogP contribution < -0.4 is 21.6 Å². The molecule has 1 aliphatic rings. The zero-order chi connectivity index (χ0) is 27.3. The molecule has 9 nitrogen and oxygen atoms in total. The number of para-hydroxylation sites is 1. The van der Waals surface area contributed by atoms with Crippen molar-refractivity contribution in [2.45, 2.75) is 32.2 Å². The van der Waals surface area contributed by atoms with E-state index >= 15 is 0 Å². The van der Waals surface area contributed by atoms with Gasteiger partial charge in [0.15, 0.2) is 0 Å². The molecular weight excluding hydrogens is 492 g/mol. The number of H-pyrrole nitrogens is 2. The van der Waals surface area contributed by atoms with Gasteiger partial charge < -0.3 is 0 Å². The van der Waals surface area contributed by atoms with Crippen molar-refractivity contribution in [1.29, 1.82) is 0 Å². The molecule has 0 aliphatic carbocycles. The Labute approximate surface area is 224 Å². The molecule has 0 radical (unpaired) electrons. The molecule has 1 amide bonds. The Morgan fingerprint density at radius 3 is 1.64 bits per heavy atom. The van der Waals surface area contributed by atoms with E-state index in [4.69, 9.17) is 0 Å². The molecule has 39 heavy (non-hydrogen) atoms. The van der Waals surface area contributed by atoms with Gasteiger partial charge in [-0.3, -0.25) is 24.6 Å². The highest BCUT2D eigenvalue weighted by molar-refractivity contribution is 6.06. The lowest BCUT2D eigenvalue weighted by molar-refractivity contribution is -0.121. The molecule has 1 saturated heterocycles. The van der Waals surface area contributed by atoms with E-state index in [0.717, 1.165) is 11.1 Å². The second-order valence-corrected chi connectivity index (χ2v) is 9.97. The number of carbonyl (C=O) groups excluding carboxylic acids is 1. The van der Waals surface area contributed by atoms with E-state index in [0.29, 0.717) is 17.1 Å². The Balaban J connectivity index is 1.59. The van der Waals surface area contributed by atoms with Gasteiger partial charge in [-0.1, -0.05) is 42.5 Å². The summed E-state index contributed by atoms with van der Waals surface area (Å²) < 4.78 is 2.81. The van der Waals surface area contributed by atoms with Gasteiger partial charge in [-0.25, -0.2) is 19.8 Å². The fraction of sp³-hybridized carbons (Fsp3) is 0.167. The molecule has 0 saturated carbocycles. The summed E-state index contributed by atoms with van der Waals surface area (Å²) in [6.45, 7) is 5.70. The molecular formula is C30H28N6O3. The summed E-state index contributed by atoms with van der Waals surface area (Å²) in [6, 6.07) is 23.5. The first-order chi connectivity index (χ1) is 18.8. The Bertz CT molecular complexity index is 1710. The third-order valence-electron chi connectivity index (χ3n) is 7.44. The molecule has 1 atom stereocenters. The molecule has 3 N–H and O–H groups in total. The second kappa shape index (κ2) is 9.14. The van der Waals surface area contributed by atoms with Gasteiger partial charge in [-0.2, -0.15) is 0 Å². The number of aromatic amines is 2. The minimum atomic E-state index is -1.61. The van der Waals surface area contributed by atoms with E-state index in [9.17, 15) is 14.4 Å². The number of rotatable bonds is 5. The molecule has 3 aromatic carbocycles. The van der Waals surface area contributed by atoms with E-state index in [2.05, 4.69) is 15.6 Å². The van der Waals surface area contributed by atoms with Crippen molar-refractivity contribution >= 4 is 11.6 Å². The van der Waals surface area contributed by atoms with Crippen molar-refractivity contribution in [3.63, 3.8) is 0 Å². The van der Waals surface area contributed by atoms with Gasteiger partial charge in [0.1, 0.15) is 5.41 Å². The van der Waals surface area contributed by atoms with Crippen LogP contribution in [0.3, 0.4) is 0 Å². The van der Waals surface area contributed by atoms with E-state index in [1.54, 1.807) is 24.5 Å². The highest BCUT2D eigenvalue weighted by Crippen LogP contribution is 2.40. The molecule has 5 aromatic rings. The fourth-order valence-corrected chi connectivity index (χ4v) is 5.54. The Morgan fingerprint density at radius 2 is 1.15 bits per heavy atom. The lowest BCUT2D eigenvalue weighted by Crippen LogP contribution is -2.49. The summed E-state index contributed by atoms with van der Waals surface area (Å²) >= 11 is 0. The lowest BCUT2D eigenvalue weighted by atomic mass is 9.72. The zero-order valence-corrected chi connectivity index (χ0v) is 21.8. The summed E-state index contributed by atoms with van der Waals surface area (Å²) in [5, 5.41) is 7.50. The maximum atomic E-state index is 14.5. The molecule has 6 rings (SSSR count). The number of aryl methyl sites for hydroxylation is 2. The number of nitrogens with one attached hydrogen (secondary N) is 3. The van der Waals surface area contributed by atoms with Crippen LogP contribution in [0.5, 0.6) is 0 Å². The number of hydrogen-bond acceptors (Lipinski definition) is 4. The first kappa shape index (κ1) is 24.4. The SMILES string of the molecule is Cc1cccc(-n2[nH]cc(C3(c4c[nH]n(-c5cccc(C)c5)c4=O)C(=O)N(c4ccccc4)NC3C)c2=O)c1. The van der Waals surface area contributed by atoms with Gasteiger partial charge in [0.05, 0.1) is 28.2 Å². The number of anilines is 1. The summed E-state index contributed by atoms with van der Waals surface area (Å²) in [4.78, 5) is 42.5. The standard InChI is InChI=1S/C30H28N6O3/c1-19-9-7-13-23(15-19)34-27(37)25(17-31-34)30(21(3)33-36(29(30)39)22-11-5-4-6-12-22)26-18-32-35(28(26)38)24-14-8-10-20(2)16-24/h4-18,21,31-33H,1-3H3. The molecule has 1 aliphatic heterocycles. The fourth-order valence-electron chi connectivity index (χ4n) is 5.54. The highest BCUT2D eigenvalue weighted by atomic mass is 16.2. The molecule has 2 aromatic heterocycles. The highest BCUT2D eigenvalue weighted by Gasteiger charge is 2.59. The van der Waals surface area contributed by atoms with Crippen LogP contribution in [0.1, 0.15) is 29.2 Å². The summed E-state index contributed by atoms with van der Waals surface area (Å²) in [6.07, 6.45) is 3.08. The maximum absolute atomic E-state index is 14.5. The van der Waals surface area contributed by atoms with E-state index in [1.165, 1.54) is 14.4 Å². The Kier molecular flexibility index (Phi) is 5.73. The van der Waals surface area contributed by atoms with Crippen LogP contribution in [-0.4, -0.2) is 31.5 Å². The normalized spacial score (nSPS) is 16.6. The molecule has 1 unspecified atom stereocenters. The Hall–Kier alpha value is -4.89.